The standard InChI is InChI=1S/C20H25N3O2S/c1-15-9-16(2)11-17(10-15)12-22-8-6-20(13-22)14-23(26(3,24)25)18-5-4-7-21-19(18)20/h4-5,7,9-11H,6,8,12-14H2,1-3H3/t20-/m1/s1. The predicted molar refractivity (Wildman–Crippen MR) is 104 cm³/mol. The van der Waals surface area contributed by atoms with E-state index in [-0.39, 0.29) is 5.41 Å². The topological polar surface area (TPSA) is 53.5 Å². The average molecular weight is 372 g/mol. The van der Waals surface area contributed by atoms with Gasteiger partial charge < -0.3 is 0 Å². The third kappa shape index (κ3) is 3.01. The van der Waals surface area contributed by atoms with E-state index in [2.05, 4.69) is 41.9 Å². The summed E-state index contributed by atoms with van der Waals surface area (Å²) < 4.78 is 26.1. The van der Waals surface area contributed by atoms with Gasteiger partial charge in [-0.25, -0.2) is 8.42 Å². The van der Waals surface area contributed by atoms with Gasteiger partial charge in [0, 0.05) is 31.2 Å². The minimum Gasteiger partial charge on any atom is -0.298 e. The second-order valence-electron chi connectivity index (χ2n) is 7.88. The van der Waals surface area contributed by atoms with Gasteiger partial charge in [0.05, 0.1) is 17.6 Å². The number of fused-ring (bicyclic) bond motifs is 2. The summed E-state index contributed by atoms with van der Waals surface area (Å²) in [6.45, 7) is 7.45. The van der Waals surface area contributed by atoms with Crippen molar-refractivity contribution in [2.24, 2.45) is 0 Å². The number of anilines is 1. The molecule has 0 amide bonds. The van der Waals surface area contributed by atoms with E-state index in [0.717, 1.165) is 37.4 Å². The lowest BCUT2D eigenvalue weighted by atomic mass is 9.85. The number of benzene rings is 1. The molecule has 0 N–H and O–H groups in total. The van der Waals surface area contributed by atoms with Crippen LogP contribution < -0.4 is 4.31 Å². The van der Waals surface area contributed by atoms with E-state index in [1.165, 1.54) is 27.3 Å². The fraction of sp³-hybridized carbons (Fsp3) is 0.450. The normalized spacial score (nSPS) is 23.0. The number of likely N-dealkylation sites (tertiary alicyclic amines) is 1. The molecule has 1 fully saturated rings. The number of aromatic nitrogens is 1. The highest BCUT2D eigenvalue weighted by Gasteiger charge is 2.50. The van der Waals surface area contributed by atoms with Crippen molar-refractivity contribution in [3.8, 4) is 0 Å². The minimum absolute atomic E-state index is 0.196. The molecule has 1 aromatic carbocycles. The van der Waals surface area contributed by atoms with Crippen molar-refractivity contribution in [1.82, 2.24) is 9.88 Å². The Hall–Kier alpha value is -1.92. The molecule has 1 spiro atoms. The first-order chi connectivity index (χ1) is 12.3. The number of hydrogen-bond acceptors (Lipinski definition) is 4. The fourth-order valence-corrected chi connectivity index (χ4v) is 5.56. The number of aryl methyl sites for hydroxylation is 2. The van der Waals surface area contributed by atoms with Crippen LogP contribution >= 0.6 is 0 Å². The summed E-state index contributed by atoms with van der Waals surface area (Å²) in [4.78, 5) is 7.02. The molecule has 1 saturated heterocycles. The molecule has 2 aromatic rings. The molecule has 1 atom stereocenters. The highest BCUT2D eigenvalue weighted by molar-refractivity contribution is 7.92. The van der Waals surface area contributed by atoms with Crippen molar-refractivity contribution in [3.63, 3.8) is 0 Å². The van der Waals surface area contributed by atoms with Crippen LogP contribution in [-0.2, 0) is 22.0 Å². The van der Waals surface area contributed by atoms with Gasteiger partial charge in [0.15, 0.2) is 0 Å². The molecule has 0 bridgehead atoms. The van der Waals surface area contributed by atoms with Gasteiger partial charge in [-0.2, -0.15) is 0 Å². The maximum absolute atomic E-state index is 12.3. The third-order valence-corrected chi connectivity index (χ3v) is 6.65. The first-order valence-corrected chi connectivity index (χ1v) is 10.8. The molecular formula is C20H25N3O2S. The second kappa shape index (κ2) is 6.06. The van der Waals surface area contributed by atoms with E-state index < -0.39 is 10.0 Å². The molecule has 2 aliphatic heterocycles. The maximum atomic E-state index is 12.3. The Kier molecular flexibility index (Phi) is 4.08. The van der Waals surface area contributed by atoms with Gasteiger partial charge in [0.25, 0.3) is 0 Å². The Morgan fingerprint density at radius 1 is 1.15 bits per heavy atom. The van der Waals surface area contributed by atoms with Crippen LogP contribution in [0.4, 0.5) is 5.69 Å². The largest absolute Gasteiger partial charge is 0.298 e. The molecule has 2 aliphatic rings. The second-order valence-corrected chi connectivity index (χ2v) is 9.78. The number of pyridine rings is 1. The number of nitrogens with zero attached hydrogens (tertiary/aromatic N) is 3. The maximum Gasteiger partial charge on any atom is 0.232 e. The molecule has 138 valence electrons. The van der Waals surface area contributed by atoms with Crippen LogP contribution in [0.5, 0.6) is 0 Å². The SMILES string of the molecule is Cc1cc(C)cc(CN2CC[C@@]3(C2)CN(S(C)(=O)=O)c2cccnc23)c1. The minimum atomic E-state index is -3.29. The summed E-state index contributed by atoms with van der Waals surface area (Å²) in [6, 6.07) is 10.4. The Bertz CT molecular complexity index is 937. The van der Waals surface area contributed by atoms with Crippen molar-refractivity contribution in [2.45, 2.75) is 32.2 Å². The summed E-state index contributed by atoms with van der Waals surface area (Å²) in [5, 5.41) is 0. The smallest absolute Gasteiger partial charge is 0.232 e. The number of hydrogen-bond donors (Lipinski definition) is 0. The lowest BCUT2D eigenvalue weighted by Crippen LogP contribution is -2.38. The van der Waals surface area contributed by atoms with Crippen molar-refractivity contribution < 1.29 is 8.42 Å². The lowest BCUT2D eigenvalue weighted by molar-refractivity contribution is 0.306. The van der Waals surface area contributed by atoms with Crippen LogP contribution in [-0.4, -0.2) is 44.2 Å². The summed E-state index contributed by atoms with van der Waals surface area (Å²) >= 11 is 0. The molecule has 1 aromatic heterocycles. The summed E-state index contributed by atoms with van der Waals surface area (Å²) in [7, 11) is -3.29. The molecule has 6 heteroatoms. The van der Waals surface area contributed by atoms with Crippen LogP contribution in [0.2, 0.25) is 0 Å². The van der Waals surface area contributed by atoms with Crippen molar-refractivity contribution in [1.29, 1.82) is 0 Å². The lowest BCUT2D eigenvalue weighted by Gasteiger charge is -2.25. The van der Waals surface area contributed by atoms with Gasteiger partial charge in [0.1, 0.15) is 0 Å². The predicted octanol–water partition coefficient (Wildman–Crippen LogP) is 2.62. The monoisotopic (exact) mass is 371 g/mol. The molecule has 0 unspecified atom stereocenters. The molecule has 3 heterocycles. The first kappa shape index (κ1) is 17.5. The highest BCUT2D eigenvalue weighted by Crippen LogP contribution is 2.46. The molecule has 26 heavy (non-hydrogen) atoms. The van der Waals surface area contributed by atoms with E-state index >= 15 is 0 Å². The van der Waals surface area contributed by atoms with E-state index in [1.807, 2.05) is 12.1 Å². The third-order valence-electron chi connectivity index (χ3n) is 5.52. The van der Waals surface area contributed by atoms with E-state index in [1.54, 1.807) is 6.20 Å². The summed E-state index contributed by atoms with van der Waals surface area (Å²) in [6.07, 6.45) is 4.00. The van der Waals surface area contributed by atoms with Crippen molar-refractivity contribution >= 4 is 15.7 Å². The molecule has 5 nitrogen and oxygen atoms in total. The van der Waals surface area contributed by atoms with E-state index in [0.29, 0.717) is 6.54 Å². The fourth-order valence-electron chi connectivity index (χ4n) is 4.57. The van der Waals surface area contributed by atoms with Crippen molar-refractivity contribution in [3.05, 3.63) is 58.9 Å². The van der Waals surface area contributed by atoms with Gasteiger partial charge in [-0.05, 0) is 44.5 Å². The molecule has 0 radical (unpaired) electrons. The van der Waals surface area contributed by atoms with E-state index in [9.17, 15) is 8.42 Å². The molecule has 4 rings (SSSR count). The zero-order chi connectivity index (χ0) is 18.5. The zero-order valence-electron chi connectivity index (χ0n) is 15.6. The summed E-state index contributed by atoms with van der Waals surface area (Å²) in [5.41, 5.74) is 5.38. The number of sulfonamides is 1. The van der Waals surface area contributed by atoms with E-state index in [4.69, 9.17) is 0 Å². The first-order valence-electron chi connectivity index (χ1n) is 9.00. The Labute approximate surface area is 155 Å². The van der Waals surface area contributed by atoms with Crippen LogP contribution in [0.15, 0.2) is 36.5 Å². The van der Waals surface area contributed by atoms with Gasteiger partial charge in [-0.3, -0.25) is 14.2 Å². The van der Waals surface area contributed by atoms with Crippen molar-refractivity contribution in [2.75, 3.05) is 30.2 Å². The van der Waals surface area contributed by atoms with Crippen LogP contribution in [0.25, 0.3) is 0 Å². The van der Waals surface area contributed by atoms with Crippen LogP contribution in [0.3, 0.4) is 0 Å². The number of rotatable bonds is 3. The van der Waals surface area contributed by atoms with Gasteiger partial charge in [-0.1, -0.05) is 29.3 Å². The van der Waals surface area contributed by atoms with Gasteiger partial charge >= 0.3 is 0 Å². The zero-order valence-corrected chi connectivity index (χ0v) is 16.4. The van der Waals surface area contributed by atoms with Gasteiger partial charge in [-0.15, -0.1) is 0 Å². The van der Waals surface area contributed by atoms with Gasteiger partial charge in [0.2, 0.25) is 10.0 Å². The summed E-state index contributed by atoms with van der Waals surface area (Å²) in [5.74, 6) is 0. The van der Waals surface area contributed by atoms with Crippen LogP contribution in [0, 0.1) is 13.8 Å². The molecular weight excluding hydrogens is 346 g/mol. The Balaban J connectivity index is 1.61. The highest BCUT2D eigenvalue weighted by atomic mass is 32.2. The Morgan fingerprint density at radius 2 is 1.88 bits per heavy atom. The average Bonchev–Trinajstić information content (AvgIpc) is 3.09. The molecule has 0 saturated carbocycles. The molecule has 0 aliphatic carbocycles. The Morgan fingerprint density at radius 3 is 2.58 bits per heavy atom. The quantitative estimate of drug-likeness (QED) is 0.832. The van der Waals surface area contributed by atoms with Crippen LogP contribution in [0.1, 0.15) is 28.8 Å².